The van der Waals surface area contributed by atoms with Gasteiger partial charge >= 0.3 is 0 Å². The zero-order valence-corrected chi connectivity index (χ0v) is 19.0. The number of aromatic nitrogens is 3. The number of pyridine rings is 1. The van der Waals surface area contributed by atoms with Crippen molar-refractivity contribution in [2.75, 3.05) is 11.9 Å². The minimum atomic E-state index is -0.566. The number of nitrogens with one attached hydrogen (secondary N) is 3. The number of nitriles is 1. The van der Waals surface area contributed by atoms with Crippen LogP contribution in [0.1, 0.15) is 54.4 Å². The zero-order valence-electron chi connectivity index (χ0n) is 19.0. The van der Waals surface area contributed by atoms with E-state index in [1.54, 1.807) is 10.6 Å². The van der Waals surface area contributed by atoms with Crippen LogP contribution in [0.4, 0.5) is 5.69 Å². The van der Waals surface area contributed by atoms with Crippen LogP contribution in [0.2, 0.25) is 0 Å². The summed E-state index contributed by atoms with van der Waals surface area (Å²) in [6.07, 6.45) is 7.69. The molecule has 2 amide bonds. The van der Waals surface area contributed by atoms with E-state index in [1.165, 1.54) is 12.4 Å². The number of β-lactam (4-membered cyclic amide) rings is 1. The average molecular weight is 472 g/mol. The fourth-order valence-electron chi connectivity index (χ4n) is 5.41. The van der Waals surface area contributed by atoms with Crippen molar-refractivity contribution >= 4 is 23.0 Å². The molecule has 0 aromatic carbocycles. The Morgan fingerprint density at radius 3 is 2.60 bits per heavy atom. The summed E-state index contributed by atoms with van der Waals surface area (Å²) in [5.41, 5.74) is 2.84. The van der Waals surface area contributed by atoms with E-state index in [4.69, 9.17) is 5.26 Å². The first-order valence-corrected chi connectivity index (χ1v) is 11.8. The highest BCUT2D eigenvalue weighted by molar-refractivity contribution is 6.03. The lowest BCUT2D eigenvalue weighted by Crippen LogP contribution is -2.61. The van der Waals surface area contributed by atoms with Crippen molar-refractivity contribution in [1.29, 1.82) is 5.26 Å². The summed E-state index contributed by atoms with van der Waals surface area (Å²) in [5.74, 6) is -0.555. The lowest BCUT2D eigenvalue weighted by atomic mass is 9.63. The van der Waals surface area contributed by atoms with Crippen LogP contribution in [0.25, 0.3) is 16.9 Å². The highest BCUT2D eigenvalue weighted by Gasteiger charge is 2.48. The van der Waals surface area contributed by atoms with Gasteiger partial charge in [0.1, 0.15) is 12.1 Å². The van der Waals surface area contributed by atoms with E-state index in [1.807, 2.05) is 18.2 Å². The van der Waals surface area contributed by atoms with Crippen LogP contribution in [0.15, 0.2) is 36.7 Å². The van der Waals surface area contributed by atoms with Gasteiger partial charge in [0.15, 0.2) is 0 Å². The van der Waals surface area contributed by atoms with Crippen molar-refractivity contribution in [2.24, 2.45) is 0 Å². The van der Waals surface area contributed by atoms with E-state index >= 15 is 0 Å². The van der Waals surface area contributed by atoms with E-state index in [9.17, 15) is 14.7 Å². The van der Waals surface area contributed by atoms with Gasteiger partial charge < -0.3 is 21.1 Å². The van der Waals surface area contributed by atoms with Gasteiger partial charge in [-0.15, -0.1) is 0 Å². The van der Waals surface area contributed by atoms with Gasteiger partial charge in [-0.1, -0.05) is 0 Å². The molecule has 10 nitrogen and oxygen atoms in total. The molecule has 7 rings (SSSR count). The largest absolute Gasteiger partial charge is 0.390 e. The van der Waals surface area contributed by atoms with Crippen molar-refractivity contribution in [3.05, 3.63) is 47.8 Å². The first-order chi connectivity index (χ1) is 16.9. The summed E-state index contributed by atoms with van der Waals surface area (Å²) in [5, 5.41) is 33.3. The topological polar surface area (TPSA) is 144 Å². The summed E-state index contributed by atoms with van der Waals surface area (Å²) in [4.78, 5) is 29.4. The lowest BCUT2D eigenvalue weighted by Gasteiger charge is -2.51. The number of anilines is 1. The summed E-state index contributed by atoms with van der Waals surface area (Å²) >= 11 is 0. The molecule has 1 atom stereocenters. The van der Waals surface area contributed by atoms with E-state index < -0.39 is 11.6 Å². The fraction of sp³-hybridized carbons (Fsp3) is 0.400. The summed E-state index contributed by atoms with van der Waals surface area (Å²) in [7, 11) is 0. The Bertz CT molecular complexity index is 1380. The standard InChI is InChI=1S/C25H25N7O3/c26-11-15-9-16-1-2-21(32(16)29-12-15)19-10-18(31-24-3-6-25(35,7-4-24)8-5-24)17(13-27-19)22(33)30-20-14-28-23(20)34/h1-2,9-10,12-13,20,35H,3-8,14H2,(H,27,31)(H,28,34)(H,30,33). The van der Waals surface area contributed by atoms with E-state index in [0.29, 0.717) is 29.1 Å². The third-order valence-electron chi connectivity index (χ3n) is 7.75. The molecule has 2 bridgehead atoms. The van der Waals surface area contributed by atoms with Crippen molar-refractivity contribution in [2.45, 2.75) is 55.7 Å². The summed E-state index contributed by atoms with van der Waals surface area (Å²) in [6, 6.07) is 8.91. The number of carbonyl (C=O) groups excluding carboxylic acids is 2. The number of hydrogen-bond donors (Lipinski definition) is 4. The number of amides is 2. The van der Waals surface area contributed by atoms with Crippen molar-refractivity contribution in [3.8, 4) is 17.5 Å². The quantitative estimate of drug-likeness (QED) is 0.415. The molecule has 3 aromatic rings. The van der Waals surface area contributed by atoms with Gasteiger partial charge in [0.2, 0.25) is 5.91 Å². The maximum atomic E-state index is 13.1. The summed E-state index contributed by atoms with van der Waals surface area (Å²) in [6.45, 7) is 0.411. The van der Waals surface area contributed by atoms with Crippen LogP contribution in [0.5, 0.6) is 0 Å². The molecule has 10 heteroatoms. The molecule has 1 unspecified atom stereocenters. The maximum Gasteiger partial charge on any atom is 0.255 e. The molecule has 0 spiro atoms. The summed E-state index contributed by atoms with van der Waals surface area (Å²) < 4.78 is 1.71. The molecule has 35 heavy (non-hydrogen) atoms. The molecule has 3 aromatic heterocycles. The molecule has 0 radical (unpaired) electrons. The van der Waals surface area contributed by atoms with Crippen LogP contribution in [-0.4, -0.2) is 55.2 Å². The second kappa shape index (κ2) is 7.78. The van der Waals surface area contributed by atoms with Crippen LogP contribution in [0, 0.1) is 11.3 Å². The molecule has 3 saturated carbocycles. The van der Waals surface area contributed by atoms with Crippen molar-refractivity contribution < 1.29 is 14.7 Å². The first kappa shape index (κ1) is 21.6. The van der Waals surface area contributed by atoms with Crippen LogP contribution < -0.4 is 16.0 Å². The molecule has 4 heterocycles. The zero-order chi connectivity index (χ0) is 24.2. The molecular weight excluding hydrogens is 446 g/mol. The molecule has 4 N–H and O–H groups in total. The lowest BCUT2D eigenvalue weighted by molar-refractivity contribution is -0.128. The van der Waals surface area contributed by atoms with Crippen LogP contribution in [-0.2, 0) is 4.79 Å². The Morgan fingerprint density at radius 2 is 1.94 bits per heavy atom. The Labute approximate surface area is 201 Å². The van der Waals surface area contributed by atoms with Gasteiger partial charge in [-0.25, -0.2) is 4.52 Å². The number of rotatable bonds is 5. The predicted octanol–water partition coefficient (Wildman–Crippen LogP) is 1.75. The number of nitrogens with zero attached hydrogens (tertiary/aromatic N) is 4. The van der Waals surface area contributed by atoms with Gasteiger partial charge in [0.25, 0.3) is 5.91 Å². The second-order valence-corrected chi connectivity index (χ2v) is 9.93. The molecule has 4 fully saturated rings. The van der Waals surface area contributed by atoms with Gasteiger partial charge in [0.05, 0.1) is 45.5 Å². The molecule has 1 saturated heterocycles. The molecular formula is C25H25N7O3. The van der Waals surface area contributed by atoms with Crippen LogP contribution >= 0.6 is 0 Å². The normalized spacial score (nSPS) is 27.1. The third-order valence-corrected chi connectivity index (χ3v) is 7.75. The third kappa shape index (κ3) is 3.68. The highest BCUT2D eigenvalue weighted by atomic mass is 16.3. The van der Waals surface area contributed by atoms with Gasteiger partial charge in [-0.05, 0) is 62.8 Å². The minimum Gasteiger partial charge on any atom is -0.390 e. The molecule has 3 aliphatic carbocycles. The first-order valence-electron chi connectivity index (χ1n) is 11.8. The second-order valence-electron chi connectivity index (χ2n) is 9.93. The van der Waals surface area contributed by atoms with Gasteiger partial charge in [-0.3, -0.25) is 14.6 Å². The van der Waals surface area contributed by atoms with Crippen molar-refractivity contribution in [3.63, 3.8) is 0 Å². The molecule has 1 aliphatic heterocycles. The Balaban J connectivity index is 1.38. The SMILES string of the molecule is N#Cc1cnn2c(-c3cc(NC45CCC(O)(CC4)CC5)c(C(=O)NC4CNC4=O)cn3)ccc2c1. The van der Waals surface area contributed by atoms with Crippen LogP contribution in [0.3, 0.4) is 0 Å². The smallest absolute Gasteiger partial charge is 0.255 e. The maximum absolute atomic E-state index is 13.1. The monoisotopic (exact) mass is 471 g/mol. The number of aliphatic hydroxyl groups is 1. The van der Waals surface area contributed by atoms with E-state index in [-0.39, 0.29) is 17.4 Å². The predicted molar refractivity (Wildman–Crippen MR) is 126 cm³/mol. The fourth-order valence-corrected chi connectivity index (χ4v) is 5.41. The number of carbonyl (C=O) groups is 2. The van der Waals surface area contributed by atoms with Gasteiger partial charge in [-0.2, -0.15) is 10.4 Å². The molecule has 178 valence electrons. The van der Waals surface area contributed by atoms with Gasteiger partial charge in [0, 0.05) is 18.3 Å². The Kier molecular flexibility index (Phi) is 4.79. The van der Waals surface area contributed by atoms with Crippen molar-refractivity contribution in [1.82, 2.24) is 25.2 Å². The van der Waals surface area contributed by atoms with E-state index in [0.717, 1.165) is 49.7 Å². The highest BCUT2D eigenvalue weighted by Crippen LogP contribution is 2.48. The number of hydrogen-bond acceptors (Lipinski definition) is 7. The Hall–Kier alpha value is -3.97. The number of fused-ring (bicyclic) bond motifs is 4. The molecule has 4 aliphatic rings. The Morgan fingerprint density at radius 1 is 1.17 bits per heavy atom. The van der Waals surface area contributed by atoms with E-state index in [2.05, 4.69) is 32.1 Å². The minimum absolute atomic E-state index is 0.197. The average Bonchev–Trinajstić information content (AvgIpc) is 3.30.